The van der Waals surface area contributed by atoms with Gasteiger partial charge in [0.2, 0.25) is 5.88 Å². The van der Waals surface area contributed by atoms with E-state index in [2.05, 4.69) is 31.2 Å². The number of alkyl halides is 3. The summed E-state index contributed by atoms with van der Waals surface area (Å²) >= 11 is 0. The van der Waals surface area contributed by atoms with Gasteiger partial charge in [0.15, 0.2) is 6.61 Å². The molecule has 3 rings (SSSR count). The lowest BCUT2D eigenvalue weighted by Crippen LogP contribution is -2.19. The summed E-state index contributed by atoms with van der Waals surface area (Å²) in [4.78, 5) is 14.5. The first-order chi connectivity index (χ1) is 12.3. The van der Waals surface area contributed by atoms with Crippen LogP contribution in [0.3, 0.4) is 0 Å². The van der Waals surface area contributed by atoms with Crippen LogP contribution in [-0.4, -0.2) is 34.3 Å². The fraction of sp³-hybridized carbons (Fsp3) is 0.389. The van der Waals surface area contributed by atoms with Gasteiger partial charge in [0.25, 0.3) is 0 Å². The summed E-state index contributed by atoms with van der Waals surface area (Å²) < 4.78 is 41.1. The number of anilines is 1. The number of rotatable bonds is 5. The first-order valence-electron chi connectivity index (χ1n) is 8.21. The number of hydrogen-bond donors (Lipinski definition) is 0. The topological polar surface area (TPSA) is 51.1 Å². The molecule has 2 aromatic rings. The van der Waals surface area contributed by atoms with Crippen LogP contribution in [0.1, 0.15) is 17.8 Å². The molecule has 0 amide bonds. The van der Waals surface area contributed by atoms with Gasteiger partial charge in [-0.1, -0.05) is 12.6 Å². The Kier molecular flexibility index (Phi) is 5.11. The van der Waals surface area contributed by atoms with Crippen molar-refractivity contribution in [2.45, 2.75) is 25.9 Å². The third-order valence-corrected chi connectivity index (χ3v) is 4.26. The molecule has 5 nitrogen and oxygen atoms in total. The Labute approximate surface area is 149 Å². The van der Waals surface area contributed by atoms with Crippen LogP contribution in [0.4, 0.5) is 18.9 Å². The number of ether oxygens (including phenoxy) is 1. The van der Waals surface area contributed by atoms with E-state index in [1.54, 1.807) is 24.7 Å². The summed E-state index contributed by atoms with van der Waals surface area (Å²) in [5, 5.41) is 0. The van der Waals surface area contributed by atoms with Crippen LogP contribution in [-0.2, 0) is 6.42 Å². The Bertz CT molecular complexity index is 760. The fourth-order valence-corrected chi connectivity index (χ4v) is 2.91. The highest BCUT2D eigenvalue weighted by Gasteiger charge is 2.29. The molecule has 0 aliphatic carbocycles. The van der Waals surface area contributed by atoms with E-state index in [0.29, 0.717) is 12.2 Å². The van der Waals surface area contributed by atoms with Crippen molar-refractivity contribution in [1.29, 1.82) is 0 Å². The number of pyridine rings is 1. The second kappa shape index (κ2) is 7.31. The molecular weight excluding hydrogens is 345 g/mol. The van der Waals surface area contributed by atoms with E-state index >= 15 is 0 Å². The van der Waals surface area contributed by atoms with Crippen molar-refractivity contribution in [3.05, 3.63) is 54.4 Å². The first-order valence-corrected chi connectivity index (χ1v) is 8.21. The second-order valence-corrected chi connectivity index (χ2v) is 6.23. The Morgan fingerprint density at radius 3 is 2.54 bits per heavy atom. The SMILES string of the molecule is C=C1[C@H](Cc2ccc(OCC(F)(F)F)nc2)CCN1c1cnc(C)nc1. The van der Waals surface area contributed by atoms with Crippen molar-refractivity contribution in [2.75, 3.05) is 18.1 Å². The molecule has 26 heavy (non-hydrogen) atoms. The second-order valence-electron chi connectivity index (χ2n) is 6.23. The number of hydrogen-bond acceptors (Lipinski definition) is 5. The lowest BCUT2D eigenvalue weighted by atomic mass is 9.97. The summed E-state index contributed by atoms with van der Waals surface area (Å²) in [5.74, 6) is 0.920. The molecule has 1 fully saturated rings. The molecule has 0 saturated carbocycles. The molecule has 0 aromatic carbocycles. The van der Waals surface area contributed by atoms with Gasteiger partial charge in [-0.3, -0.25) is 0 Å². The molecule has 138 valence electrons. The van der Waals surface area contributed by atoms with Crippen molar-refractivity contribution in [2.24, 2.45) is 5.92 Å². The Morgan fingerprint density at radius 2 is 1.92 bits per heavy atom. The van der Waals surface area contributed by atoms with Crippen molar-refractivity contribution in [3.8, 4) is 5.88 Å². The zero-order valence-electron chi connectivity index (χ0n) is 14.3. The van der Waals surface area contributed by atoms with E-state index in [4.69, 9.17) is 0 Å². The van der Waals surface area contributed by atoms with Crippen molar-refractivity contribution >= 4 is 5.69 Å². The third-order valence-electron chi connectivity index (χ3n) is 4.26. The van der Waals surface area contributed by atoms with E-state index in [1.807, 2.05) is 6.92 Å². The van der Waals surface area contributed by atoms with Crippen molar-refractivity contribution in [3.63, 3.8) is 0 Å². The van der Waals surface area contributed by atoms with E-state index in [-0.39, 0.29) is 11.8 Å². The smallest absolute Gasteiger partial charge is 0.422 e. The van der Waals surface area contributed by atoms with Gasteiger partial charge < -0.3 is 9.64 Å². The van der Waals surface area contributed by atoms with Gasteiger partial charge in [-0.05, 0) is 25.3 Å². The minimum atomic E-state index is -4.37. The lowest BCUT2D eigenvalue weighted by Gasteiger charge is -2.21. The zero-order chi connectivity index (χ0) is 18.7. The van der Waals surface area contributed by atoms with Crippen LogP contribution in [0.2, 0.25) is 0 Å². The highest BCUT2D eigenvalue weighted by molar-refractivity contribution is 5.51. The van der Waals surface area contributed by atoms with Crippen LogP contribution in [0.25, 0.3) is 0 Å². The van der Waals surface area contributed by atoms with Gasteiger partial charge in [-0.2, -0.15) is 13.2 Å². The van der Waals surface area contributed by atoms with Crippen LogP contribution >= 0.6 is 0 Å². The maximum atomic E-state index is 12.2. The Balaban J connectivity index is 1.59. The normalized spacial score (nSPS) is 17.6. The molecule has 3 heterocycles. The molecule has 0 spiro atoms. The van der Waals surface area contributed by atoms with E-state index < -0.39 is 12.8 Å². The molecule has 1 saturated heterocycles. The van der Waals surface area contributed by atoms with Gasteiger partial charge >= 0.3 is 6.18 Å². The fourth-order valence-electron chi connectivity index (χ4n) is 2.91. The maximum absolute atomic E-state index is 12.2. The average Bonchev–Trinajstić information content (AvgIpc) is 2.95. The zero-order valence-corrected chi connectivity index (χ0v) is 14.3. The van der Waals surface area contributed by atoms with Gasteiger partial charge in [-0.15, -0.1) is 0 Å². The number of aromatic nitrogens is 3. The van der Waals surface area contributed by atoms with E-state index in [9.17, 15) is 13.2 Å². The average molecular weight is 364 g/mol. The van der Waals surface area contributed by atoms with Gasteiger partial charge in [0, 0.05) is 30.4 Å². The summed E-state index contributed by atoms with van der Waals surface area (Å²) in [7, 11) is 0. The molecule has 2 aromatic heterocycles. The minimum Gasteiger partial charge on any atom is -0.468 e. The first kappa shape index (κ1) is 18.2. The van der Waals surface area contributed by atoms with Crippen molar-refractivity contribution in [1.82, 2.24) is 15.0 Å². The molecule has 0 unspecified atom stereocenters. The minimum absolute atomic E-state index is 0.0326. The van der Waals surface area contributed by atoms with Crippen LogP contribution < -0.4 is 9.64 Å². The monoisotopic (exact) mass is 364 g/mol. The Hall–Kier alpha value is -2.64. The number of halogens is 3. The number of aryl methyl sites for hydroxylation is 1. The van der Waals surface area contributed by atoms with Crippen LogP contribution in [0.5, 0.6) is 5.88 Å². The Morgan fingerprint density at radius 1 is 1.19 bits per heavy atom. The molecule has 1 aliphatic rings. The molecule has 8 heteroatoms. The molecule has 0 N–H and O–H groups in total. The van der Waals surface area contributed by atoms with Gasteiger partial charge in [0.05, 0.1) is 18.1 Å². The van der Waals surface area contributed by atoms with Crippen LogP contribution in [0.15, 0.2) is 43.0 Å². The van der Waals surface area contributed by atoms with Gasteiger partial charge in [-0.25, -0.2) is 15.0 Å². The third kappa shape index (κ3) is 4.50. The van der Waals surface area contributed by atoms with Crippen molar-refractivity contribution < 1.29 is 17.9 Å². The van der Waals surface area contributed by atoms with E-state index in [0.717, 1.165) is 29.9 Å². The predicted molar refractivity (Wildman–Crippen MR) is 90.9 cm³/mol. The molecule has 1 aliphatic heterocycles. The summed E-state index contributed by atoms with van der Waals surface area (Å²) in [6.07, 6.45) is 2.39. The molecule has 0 radical (unpaired) electrons. The quantitative estimate of drug-likeness (QED) is 0.810. The standard InChI is InChI=1S/C18H19F3N4O/c1-12-15(5-6-25(12)16-9-22-13(2)23-10-16)7-14-3-4-17(24-8-14)26-11-18(19,20)21/h3-4,8-10,15H,1,5-7,11H2,2H3/t15-/m0/s1. The largest absolute Gasteiger partial charge is 0.468 e. The van der Waals surface area contributed by atoms with Crippen LogP contribution in [0, 0.1) is 12.8 Å². The highest BCUT2D eigenvalue weighted by Crippen LogP contribution is 2.33. The highest BCUT2D eigenvalue weighted by atomic mass is 19.4. The summed E-state index contributed by atoms with van der Waals surface area (Å²) in [6.45, 7) is 5.51. The lowest BCUT2D eigenvalue weighted by molar-refractivity contribution is -0.154. The number of allylic oxidation sites excluding steroid dienone is 1. The predicted octanol–water partition coefficient (Wildman–Crippen LogP) is 3.70. The maximum Gasteiger partial charge on any atom is 0.422 e. The van der Waals surface area contributed by atoms with E-state index in [1.165, 1.54) is 6.07 Å². The van der Waals surface area contributed by atoms with Gasteiger partial charge in [0.1, 0.15) is 5.82 Å². The molecule has 1 atom stereocenters. The number of nitrogens with zero attached hydrogens (tertiary/aromatic N) is 4. The molecular formula is C18H19F3N4O. The summed E-state index contributed by atoms with van der Waals surface area (Å²) in [6, 6.07) is 3.20. The summed E-state index contributed by atoms with van der Waals surface area (Å²) in [5.41, 5.74) is 2.82. The molecule has 0 bridgehead atoms.